The van der Waals surface area contributed by atoms with Crippen molar-refractivity contribution in [3.8, 4) is 0 Å². The van der Waals surface area contributed by atoms with Crippen molar-refractivity contribution >= 4 is 5.78 Å². The highest BCUT2D eigenvalue weighted by Crippen LogP contribution is 2.44. The predicted molar refractivity (Wildman–Crippen MR) is 82.8 cm³/mol. The molecule has 0 atom stereocenters. The number of rotatable bonds is 3. The van der Waals surface area contributed by atoms with Gasteiger partial charge in [-0.05, 0) is 31.2 Å². The Morgan fingerprint density at radius 1 is 0.850 bits per heavy atom. The lowest BCUT2D eigenvalue weighted by atomic mass is 9.62. The molecule has 0 radical (unpaired) electrons. The van der Waals surface area contributed by atoms with E-state index < -0.39 is 0 Å². The molecule has 0 aliphatic heterocycles. The molecule has 2 fully saturated rings. The van der Waals surface area contributed by atoms with Crippen LogP contribution >= 0.6 is 0 Å². The average Bonchev–Trinajstić information content (AvgIpc) is 2.56. The summed E-state index contributed by atoms with van der Waals surface area (Å²) in [6, 6.07) is 10.6. The second kappa shape index (κ2) is 6.11. The summed E-state index contributed by atoms with van der Waals surface area (Å²) in [4.78, 5) is 13.3. The Morgan fingerprint density at radius 2 is 1.45 bits per heavy atom. The van der Waals surface area contributed by atoms with Crippen molar-refractivity contribution in [2.75, 3.05) is 0 Å². The molecule has 0 amide bonds. The molecule has 1 heteroatoms. The topological polar surface area (TPSA) is 17.1 Å². The van der Waals surface area contributed by atoms with Crippen LogP contribution < -0.4 is 0 Å². The summed E-state index contributed by atoms with van der Waals surface area (Å²) in [5, 5.41) is 0. The third-order valence-corrected chi connectivity index (χ3v) is 5.48. The molecule has 1 nitrogen and oxygen atoms in total. The summed E-state index contributed by atoms with van der Waals surface area (Å²) in [5.41, 5.74) is 1.14. The predicted octanol–water partition coefficient (Wildman–Crippen LogP) is 5.04. The molecule has 0 aromatic heterocycles. The van der Waals surface area contributed by atoms with E-state index in [9.17, 15) is 4.79 Å². The van der Waals surface area contributed by atoms with E-state index in [0.717, 1.165) is 25.7 Å². The van der Waals surface area contributed by atoms with Crippen LogP contribution in [0.5, 0.6) is 0 Å². The molecule has 2 aliphatic carbocycles. The van der Waals surface area contributed by atoms with E-state index in [0.29, 0.717) is 11.7 Å². The van der Waals surface area contributed by atoms with Crippen LogP contribution in [0.1, 0.15) is 69.8 Å². The highest BCUT2D eigenvalue weighted by molar-refractivity contribution is 5.92. The number of Topliss-reactive ketones (excluding diaryl/α,β-unsaturated/α-hetero) is 1. The Hall–Kier alpha value is -1.11. The van der Waals surface area contributed by atoms with Crippen LogP contribution in [0.15, 0.2) is 30.3 Å². The molecule has 0 spiro atoms. The molecule has 0 saturated heterocycles. The van der Waals surface area contributed by atoms with Crippen molar-refractivity contribution in [1.29, 1.82) is 0 Å². The summed E-state index contributed by atoms with van der Waals surface area (Å²) in [6.07, 6.45) is 12.0. The van der Waals surface area contributed by atoms with Gasteiger partial charge in [-0.25, -0.2) is 0 Å². The van der Waals surface area contributed by atoms with Gasteiger partial charge in [0.05, 0.1) is 5.41 Å². The van der Waals surface area contributed by atoms with Crippen LogP contribution in [-0.4, -0.2) is 5.78 Å². The van der Waals surface area contributed by atoms with Crippen molar-refractivity contribution in [3.05, 3.63) is 35.9 Å². The van der Waals surface area contributed by atoms with Crippen LogP contribution in [0, 0.1) is 5.92 Å². The standard InChI is InChI=1S/C19H26O/c20-18(16-10-4-1-5-11-16)19(14-8-3-9-15-19)17-12-6-2-7-13-17/h2,6-7,12-13,16H,1,3-5,8-11,14-15H2. The van der Waals surface area contributed by atoms with Crippen molar-refractivity contribution in [2.24, 2.45) is 5.92 Å². The molecule has 3 rings (SSSR count). The highest BCUT2D eigenvalue weighted by atomic mass is 16.1. The van der Waals surface area contributed by atoms with E-state index in [1.54, 1.807) is 0 Å². The second-order valence-electron chi connectivity index (χ2n) is 6.71. The van der Waals surface area contributed by atoms with Crippen molar-refractivity contribution < 1.29 is 4.79 Å². The molecule has 1 aromatic rings. The van der Waals surface area contributed by atoms with E-state index in [2.05, 4.69) is 30.3 Å². The van der Waals surface area contributed by atoms with Gasteiger partial charge >= 0.3 is 0 Å². The lowest BCUT2D eigenvalue weighted by molar-refractivity contribution is -0.131. The van der Waals surface area contributed by atoms with Gasteiger partial charge in [0.15, 0.2) is 0 Å². The number of carbonyl (C=O) groups excluding carboxylic acids is 1. The molecule has 0 heterocycles. The summed E-state index contributed by atoms with van der Waals surface area (Å²) >= 11 is 0. The number of hydrogen-bond donors (Lipinski definition) is 0. The second-order valence-corrected chi connectivity index (χ2v) is 6.71. The molecular formula is C19H26O. The molecule has 0 N–H and O–H groups in total. The molecular weight excluding hydrogens is 244 g/mol. The van der Waals surface area contributed by atoms with Crippen LogP contribution in [0.2, 0.25) is 0 Å². The summed E-state index contributed by atoms with van der Waals surface area (Å²) < 4.78 is 0. The van der Waals surface area contributed by atoms with Gasteiger partial charge in [-0.2, -0.15) is 0 Å². The van der Waals surface area contributed by atoms with Crippen molar-refractivity contribution in [3.63, 3.8) is 0 Å². The highest BCUT2D eigenvalue weighted by Gasteiger charge is 2.43. The Morgan fingerprint density at radius 3 is 2.10 bits per heavy atom. The minimum Gasteiger partial charge on any atom is -0.298 e. The lowest BCUT2D eigenvalue weighted by Crippen LogP contribution is -2.42. The third kappa shape index (κ3) is 2.55. The minimum absolute atomic E-state index is 0.151. The average molecular weight is 270 g/mol. The van der Waals surface area contributed by atoms with Gasteiger partial charge in [-0.15, -0.1) is 0 Å². The van der Waals surface area contributed by atoms with Gasteiger partial charge in [-0.1, -0.05) is 68.9 Å². The number of carbonyl (C=O) groups is 1. The van der Waals surface area contributed by atoms with E-state index in [1.165, 1.54) is 44.1 Å². The molecule has 2 aliphatic rings. The largest absolute Gasteiger partial charge is 0.298 e. The quantitative estimate of drug-likeness (QED) is 0.752. The van der Waals surface area contributed by atoms with Crippen LogP contribution in [0.4, 0.5) is 0 Å². The number of benzene rings is 1. The zero-order chi connectivity index (χ0) is 13.8. The first-order valence-electron chi connectivity index (χ1n) is 8.43. The monoisotopic (exact) mass is 270 g/mol. The first-order chi connectivity index (χ1) is 9.83. The van der Waals surface area contributed by atoms with Gasteiger partial charge in [0.1, 0.15) is 5.78 Å². The lowest BCUT2D eigenvalue weighted by Gasteiger charge is -2.39. The maximum atomic E-state index is 13.3. The Kier molecular flexibility index (Phi) is 4.24. The van der Waals surface area contributed by atoms with Crippen LogP contribution in [-0.2, 0) is 10.2 Å². The Balaban J connectivity index is 1.91. The maximum absolute atomic E-state index is 13.3. The van der Waals surface area contributed by atoms with E-state index in [1.807, 2.05) is 0 Å². The Bertz CT molecular complexity index is 436. The van der Waals surface area contributed by atoms with Crippen LogP contribution in [0.25, 0.3) is 0 Å². The molecule has 1 aromatic carbocycles. The van der Waals surface area contributed by atoms with Gasteiger partial charge in [0.2, 0.25) is 0 Å². The fraction of sp³-hybridized carbons (Fsp3) is 0.632. The normalized spacial score (nSPS) is 23.4. The van der Waals surface area contributed by atoms with Gasteiger partial charge < -0.3 is 0 Å². The zero-order valence-corrected chi connectivity index (χ0v) is 12.4. The molecule has 20 heavy (non-hydrogen) atoms. The first kappa shape index (κ1) is 13.9. The van der Waals surface area contributed by atoms with Crippen LogP contribution in [0.3, 0.4) is 0 Å². The Labute approximate surface area is 122 Å². The van der Waals surface area contributed by atoms with E-state index in [-0.39, 0.29) is 5.41 Å². The molecule has 0 bridgehead atoms. The molecule has 0 unspecified atom stereocenters. The van der Waals surface area contributed by atoms with Crippen molar-refractivity contribution in [2.45, 2.75) is 69.6 Å². The zero-order valence-electron chi connectivity index (χ0n) is 12.4. The molecule has 108 valence electrons. The van der Waals surface area contributed by atoms with Gasteiger partial charge in [0.25, 0.3) is 0 Å². The summed E-state index contributed by atoms with van der Waals surface area (Å²) in [6.45, 7) is 0. The fourth-order valence-electron chi connectivity index (χ4n) is 4.35. The minimum atomic E-state index is -0.151. The first-order valence-corrected chi connectivity index (χ1v) is 8.43. The number of hydrogen-bond acceptors (Lipinski definition) is 1. The van der Waals surface area contributed by atoms with Gasteiger partial charge in [0, 0.05) is 5.92 Å². The third-order valence-electron chi connectivity index (χ3n) is 5.48. The SMILES string of the molecule is O=C(C1CCCCC1)C1(c2ccccc2)CCCCC1. The summed E-state index contributed by atoms with van der Waals surface area (Å²) in [5.74, 6) is 0.908. The number of ketones is 1. The molecule has 2 saturated carbocycles. The van der Waals surface area contributed by atoms with Gasteiger partial charge in [-0.3, -0.25) is 4.79 Å². The smallest absolute Gasteiger partial charge is 0.146 e. The fourth-order valence-corrected chi connectivity index (χ4v) is 4.35. The maximum Gasteiger partial charge on any atom is 0.146 e. The van der Waals surface area contributed by atoms with Crippen molar-refractivity contribution in [1.82, 2.24) is 0 Å². The van der Waals surface area contributed by atoms with E-state index >= 15 is 0 Å². The summed E-state index contributed by atoms with van der Waals surface area (Å²) in [7, 11) is 0. The van der Waals surface area contributed by atoms with E-state index in [4.69, 9.17) is 0 Å².